The number of hydrogen-bond donors (Lipinski definition) is 1. The van der Waals surface area contributed by atoms with Crippen LogP contribution >= 0.6 is 0 Å². The van der Waals surface area contributed by atoms with Crippen molar-refractivity contribution in [2.45, 2.75) is 45.5 Å². The highest BCUT2D eigenvalue weighted by molar-refractivity contribution is 5.78. The first-order valence-corrected chi connectivity index (χ1v) is 7.28. The van der Waals surface area contributed by atoms with Gasteiger partial charge in [0.15, 0.2) is 5.69 Å². The summed E-state index contributed by atoms with van der Waals surface area (Å²) in [5.74, 6) is -0.681. The summed E-state index contributed by atoms with van der Waals surface area (Å²) in [6, 6.07) is 0.983. The monoisotopic (exact) mass is 319 g/mol. The number of halogens is 3. The van der Waals surface area contributed by atoms with Gasteiger partial charge in [0.05, 0.1) is 18.6 Å². The molecule has 5 nitrogen and oxygen atoms in total. The number of carbonyl (C=O) groups is 1. The molecule has 1 aromatic rings. The summed E-state index contributed by atoms with van der Waals surface area (Å²) < 4.78 is 44.4. The molecule has 2 heterocycles. The van der Waals surface area contributed by atoms with E-state index in [1.54, 1.807) is 13.8 Å². The second kappa shape index (κ2) is 6.68. The number of aromatic nitrogens is 2. The first-order chi connectivity index (χ1) is 10.3. The maximum Gasteiger partial charge on any atom is 0.435 e. The van der Waals surface area contributed by atoms with Crippen molar-refractivity contribution in [2.75, 3.05) is 13.2 Å². The van der Waals surface area contributed by atoms with Crippen molar-refractivity contribution in [2.24, 2.45) is 5.92 Å². The highest BCUT2D eigenvalue weighted by atomic mass is 19.4. The number of ether oxygens (including phenoxy) is 1. The Kier molecular flexibility index (Phi) is 5.10. The molecule has 1 N–H and O–H groups in total. The van der Waals surface area contributed by atoms with Crippen LogP contribution < -0.4 is 5.32 Å². The topological polar surface area (TPSA) is 56.2 Å². The van der Waals surface area contributed by atoms with Crippen molar-refractivity contribution < 1.29 is 22.7 Å². The van der Waals surface area contributed by atoms with E-state index in [0.29, 0.717) is 18.8 Å². The van der Waals surface area contributed by atoms with Gasteiger partial charge in [-0.2, -0.15) is 18.3 Å². The minimum absolute atomic E-state index is 0.0411. The van der Waals surface area contributed by atoms with Gasteiger partial charge in [-0.15, -0.1) is 0 Å². The number of aryl methyl sites for hydroxylation is 1. The van der Waals surface area contributed by atoms with Gasteiger partial charge in [0.25, 0.3) is 0 Å². The molecule has 124 valence electrons. The van der Waals surface area contributed by atoms with Gasteiger partial charge in [0.1, 0.15) is 0 Å². The van der Waals surface area contributed by atoms with Gasteiger partial charge in [-0.1, -0.05) is 6.92 Å². The van der Waals surface area contributed by atoms with Crippen LogP contribution in [0.15, 0.2) is 6.07 Å². The molecule has 1 saturated heterocycles. The summed E-state index contributed by atoms with van der Waals surface area (Å²) >= 11 is 0. The molecule has 0 bridgehead atoms. The molecule has 8 heteroatoms. The molecule has 2 unspecified atom stereocenters. The van der Waals surface area contributed by atoms with Gasteiger partial charge in [-0.25, -0.2) is 0 Å². The molecule has 0 aliphatic carbocycles. The van der Waals surface area contributed by atoms with Crippen molar-refractivity contribution in [1.29, 1.82) is 0 Å². The Hall–Kier alpha value is -1.57. The van der Waals surface area contributed by atoms with Crippen LogP contribution in [0, 0.1) is 12.8 Å². The molecular weight excluding hydrogens is 299 g/mol. The lowest BCUT2D eigenvalue weighted by Crippen LogP contribution is -2.36. The Morgan fingerprint density at radius 3 is 2.86 bits per heavy atom. The highest BCUT2D eigenvalue weighted by Crippen LogP contribution is 2.28. The van der Waals surface area contributed by atoms with Crippen molar-refractivity contribution in [3.8, 4) is 0 Å². The van der Waals surface area contributed by atoms with Gasteiger partial charge in [0, 0.05) is 18.8 Å². The van der Waals surface area contributed by atoms with E-state index in [0.717, 1.165) is 18.9 Å². The molecule has 0 radical (unpaired) electrons. The molecule has 1 aliphatic heterocycles. The predicted molar refractivity (Wildman–Crippen MR) is 73.1 cm³/mol. The molecule has 1 fully saturated rings. The smallest absolute Gasteiger partial charge is 0.376 e. The summed E-state index contributed by atoms with van der Waals surface area (Å²) in [5, 5.41) is 6.30. The van der Waals surface area contributed by atoms with Gasteiger partial charge < -0.3 is 10.1 Å². The van der Waals surface area contributed by atoms with E-state index in [1.165, 1.54) is 4.68 Å². The summed E-state index contributed by atoms with van der Waals surface area (Å²) in [5.41, 5.74) is -0.553. The average molecular weight is 319 g/mol. The predicted octanol–water partition coefficient (Wildman–Crippen LogP) is 2.14. The third-order valence-electron chi connectivity index (χ3n) is 3.69. The van der Waals surface area contributed by atoms with Crippen LogP contribution in [0.2, 0.25) is 0 Å². The zero-order valence-electron chi connectivity index (χ0n) is 12.6. The molecule has 2 rings (SSSR count). The Labute approximate surface area is 126 Å². The Bertz CT molecular complexity index is 522. The normalized spacial score (nSPS) is 20.1. The number of nitrogens with zero attached hydrogens (tertiary/aromatic N) is 2. The second-order valence-corrected chi connectivity index (χ2v) is 5.63. The van der Waals surface area contributed by atoms with E-state index in [9.17, 15) is 18.0 Å². The third kappa shape index (κ3) is 4.22. The summed E-state index contributed by atoms with van der Waals surface area (Å²) in [7, 11) is 0. The SMILES string of the molecule is Cc1cc(C(F)(F)F)nn1CC(C)C(=O)NCC1CCCO1. The standard InChI is InChI=1S/C14H20F3N3O2/c1-9(13(21)18-7-11-4-3-5-22-11)8-20-10(2)6-12(19-20)14(15,16)17/h6,9,11H,3-5,7-8H2,1-2H3,(H,18,21). The van der Waals surface area contributed by atoms with Crippen molar-refractivity contribution in [3.63, 3.8) is 0 Å². The fourth-order valence-electron chi connectivity index (χ4n) is 2.37. The van der Waals surface area contributed by atoms with Crippen LogP contribution in [0.25, 0.3) is 0 Å². The third-order valence-corrected chi connectivity index (χ3v) is 3.69. The molecule has 2 atom stereocenters. The largest absolute Gasteiger partial charge is 0.435 e. The maximum absolute atomic E-state index is 12.6. The summed E-state index contributed by atoms with van der Waals surface area (Å²) in [6.07, 6.45) is -2.52. The van der Waals surface area contributed by atoms with E-state index in [-0.39, 0.29) is 18.6 Å². The average Bonchev–Trinajstić information content (AvgIpc) is 3.06. The number of hydrogen-bond acceptors (Lipinski definition) is 3. The first-order valence-electron chi connectivity index (χ1n) is 7.28. The number of nitrogens with one attached hydrogen (secondary N) is 1. The fraction of sp³-hybridized carbons (Fsp3) is 0.714. The summed E-state index contributed by atoms with van der Waals surface area (Å²) in [6.45, 7) is 4.47. The number of alkyl halides is 3. The van der Waals surface area contributed by atoms with Crippen molar-refractivity contribution in [3.05, 3.63) is 17.5 Å². The molecule has 0 saturated carbocycles. The van der Waals surface area contributed by atoms with Gasteiger partial charge in [-0.3, -0.25) is 9.48 Å². The number of rotatable bonds is 5. The Morgan fingerprint density at radius 1 is 1.59 bits per heavy atom. The van der Waals surface area contributed by atoms with Crippen LogP contribution in [0.4, 0.5) is 13.2 Å². The van der Waals surface area contributed by atoms with E-state index in [4.69, 9.17) is 4.74 Å². The maximum atomic E-state index is 12.6. The zero-order valence-corrected chi connectivity index (χ0v) is 12.6. The summed E-state index contributed by atoms with van der Waals surface area (Å²) in [4.78, 5) is 12.0. The quantitative estimate of drug-likeness (QED) is 0.905. The lowest BCUT2D eigenvalue weighted by atomic mass is 10.1. The zero-order chi connectivity index (χ0) is 16.3. The Balaban J connectivity index is 1.89. The molecule has 0 aromatic carbocycles. The molecule has 1 amide bonds. The molecular formula is C14H20F3N3O2. The second-order valence-electron chi connectivity index (χ2n) is 5.63. The first kappa shape index (κ1) is 16.8. The number of amides is 1. The van der Waals surface area contributed by atoms with E-state index < -0.39 is 17.8 Å². The lowest BCUT2D eigenvalue weighted by molar-refractivity contribution is -0.141. The fourth-order valence-corrected chi connectivity index (χ4v) is 2.37. The van der Waals surface area contributed by atoms with Crippen LogP contribution in [-0.4, -0.2) is 34.9 Å². The van der Waals surface area contributed by atoms with Gasteiger partial charge >= 0.3 is 6.18 Å². The molecule has 0 spiro atoms. The number of carbonyl (C=O) groups excluding carboxylic acids is 1. The van der Waals surface area contributed by atoms with Crippen molar-refractivity contribution in [1.82, 2.24) is 15.1 Å². The van der Waals surface area contributed by atoms with Crippen LogP contribution in [0.5, 0.6) is 0 Å². The van der Waals surface area contributed by atoms with Gasteiger partial charge in [0.2, 0.25) is 5.91 Å². The van der Waals surface area contributed by atoms with E-state index >= 15 is 0 Å². The lowest BCUT2D eigenvalue weighted by Gasteiger charge is -2.15. The molecule has 1 aromatic heterocycles. The van der Waals surface area contributed by atoms with Crippen LogP contribution in [0.1, 0.15) is 31.2 Å². The minimum Gasteiger partial charge on any atom is -0.376 e. The Morgan fingerprint density at radius 2 is 2.32 bits per heavy atom. The molecule has 1 aliphatic rings. The van der Waals surface area contributed by atoms with Crippen LogP contribution in [-0.2, 0) is 22.3 Å². The minimum atomic E-state index is -4.47. The van der Waals surface area contributed by atoms with Crippen LogP contribution in [0.3, 0.4) is 0 Å². The molecule has 22 heavy (non-hydrogen) atoms. The van der Waals surface area contributed by atoms with Crippen molar-refractivity contribution >= 4 is 5.91 Å². The van der Waals surface area contributed by atoms with E-state index in [1.807, 2.05) is 0 Å². The highest BCUT2D eigenvalue weighted by Gasteiger charge is 2.34. The van der Waals surface area contributed by atoms with E-state index in [2.05, 4.69) is 10.4 Å². The van der Waals surface area contributed by atoms with Gasteiger partial charge in [-0.05, 0) is 25.8 Å².